The van der Waals surface area contributed by atoms with Crippen LogP contribution in [0.5, 0.6) is 11.5 Å². The number of carbonyl (C=O) groups is 4. The first kappa shape index (κ1) is 30.5. The lowest BCUT2D eigenvalue weighted by Crippen LogP contribution is -2.35. The van der Waals surface area contributed by atoms with Crippen molar-refractivity contribution in [2.75, 3.05) is 20.3 Å². The van der Waals surface area contributed by atoms with Gasteiger partial charge in [0.1, 0.15) is 18.0 Å². The molecule has 0 radical (unpaired) electrons. The largest absolute Gasteiger partial charge is 0.494 e. The van der Waals surface area contributed by atoms with Gasteiger partial charge in [-0.1, -0.05) is 76.1 Å². The van der Waals surface area contributed by atoms with E-state index in [0.29, 0.717) is 5.75 Å². The highest BCUT2D eigenvalue weighted by Gasteiger charge is 2.37. The molecule has 2 amide bonds. The molecule has 1 aliphatic rings. The molecule has 0 bridgehead atoms. The molecular formula is C34H37NO7. The second kappa shape index (κ2) is 15.0. The van der Waals surface area contributed by atoms with Gasteiger partial charge in [-0.15, -0.1) is 0 Å². The summed E-state index contributed by atoms with van der Waals surface area (Å²) in [4.78, 5) is 50.3. The number of imide groups is 1. The smallest absolute Gasteiger partial charge is 0.343 e. The Bertz CT molecular complexity index is 1400. The lowest BCUT2D eigenvalue weighted by atomic mass is 10.1. The molecule has 0 unspecified atom stereocenters. The van der Waals surface area contributed by atoms with E-state index >= 15 is 0 Å². The van der Waals surface area contributed by atoms with E-state index in [9.17, 15) is 19.2 Å². The number of benzene rings is 3. The molecule has 1 heterocycles. The molecule has 0 N–H and O–H groups in total. The molecule has 1 aliphatic heterocycles. The number of hydrogen-bond donors (Lipinski definition) is 0. The molecule has 0 atom stereocenters. The number of ether oxygens (including phenoxy) is 3. The Morgan fingerprint density at radius 1 is 0.690 bits per heavy atom. The zero-order valence-corrected chi connectivity index (χ0v) is 24.2. The van der Waals surface area contributed by atoms with Crippen LogP contribution in [-0.4, -0.2) is 48.9 Å². The molecule has 0 spiro atoms. The fourth-order valence-electron chi connectivity index (χ4n) is 4.81. The van der Waals surface area contributed by atoms with Gasteiger partial charge in [0.2, 0.25) is 0 Å². The van der Waals surface area contributed by atoms with E-state index in [4.69, 9.17) is 9.47 Å². The van der Waals surface area contributed by atoms with Crippen molar-refractivity contribution in [2.24, 2.45) is 0 Å². The maximum absolute atomic E-state index is 12.8. The molecule has 0 saturated heterocycles. The van der Waals surface area contributed by atoms with Crippen molar-refractivity contribution >= 4 is 23.8 Å². The average molecular weight is 572 g/mol. The third-order valence-corrected chi connectivity index (χ3v) is 7.24. The van der Waals surface area contributed by atoms with Gasteiger partial charge >= 0.3 is 11.9 Å². The molecule has 0 saturated carbocycles. The van der Waals surface area contributed by atoms with Crippen LogP contribution in [0.25, 0.3) is 11.1 Å². The molecule has 3 aromatic rings. The number of hydrogen-bond acceptors (Lipinski definition) is 7. The number of methoxy groups -OCH3 is 1. The van der Waals surface area contributed by atoms with Gasteiger partial charge in [-0.25, -0.2) is 4.79 Å². The van der Waals surface area contributed by atoms with Crippen LogP contribution in [0.2, 0.25) is 0 Å². The van der Waals surface area contributed by atoms with Crippen molar-refractivity contribution in [3.8, 4) is 22.6 Å². The summed E-state index contributed by atoms with van der Waals surface area (Å²) in [5.41, 5.74) is 2.23. The summed E-state index contributed by atoms with van der Waals surface area (Å²) in [6.07, 6.45) is 10.1. The molecular weight excluding hydrogens is 534 g/mol. The number of fused-ring (bicyclic) bond motifs is 1. The molecule has 0 aliphatic carbocycles. The third-order valence-electron chi connectivity index (χ3n) is 7.24. The predicted octanol–water partition coefficient (Wildman–Crippen LogP) is 6.86. The highest BCUT2D eigenvalue weighted by molar-refractivity contribution is 6.22. The van der Waals surface area contributed by atoms with Gasteiger partial charge in [-0.05, 0) is 60.0 Å². The number of carbonyl (C=O) groups excluding carboxylic acids is 4. The Balaban J connectivity index is 1.27. The SMILES string of the molecule is CCCCCCCCCCOc1ccc(-c2ccc(OC(=O)c3ccc4c(c3)C(=O)N(CC(=O)OC)C4=O)cc2)cc1. The molecule has 42 heavy (non-hydrogen) atoms. The van der Waals surface area contributed by atoms with Crippen molar-refractivity contribution in [1.82, 2.24) is 4.90 Å². The standard InChI is InChI=1S/C34H37NO7/c1-3-4-5-6-7-8-9-10-21-41-27-16-11-24(12-17-27)25-13-18-28(19-14-25)42-34(39)26-15-20-29-30(22-26)33(38)35(32(29)37)23-31(36)40-2/h11-20,22H,3-10,21,23H2,1-2H3. The maximum Gasteiger partial charge on any atom is 0.343 e. The zero-order chi connectivity index (χ0) is 29.9. The highest BCUT2D eigenvalue weighted by atomic mass is 16.5. The van der Waals surface area contributed by atoms with Crippen LogP contribution in [0.1, 0.15) is 89.4 Å². The van der Waals surface area contributed by atoms with Crippen molar-refractivity contribution in [2.45, 2.75) is 58.3 Å². The lowest BCUT2D eigenvalue weighted by molar-refractivity contribution is -0.140. The fraction of sp³-hybridized carbons (Fsp3) is 0.353. The summed E-state index contributed by atoms with van der Waals surface area (Å²) in [6, 6.07) is 19.1. The van der Waals surface area contributed by atoms with E-state index in [1.807, 2.05) is 36.4 Å². The van der Waals surface area contributed by atoms with Gasteiger partial charge in [0, 0.05) is 0 Å². The monoisotopic (exact) mass is 571 g/mol. The van der Waals surface area contributed by atoms with Gasteiger partial charge < -0.3 is 14.2 Å². The second-order valence-electron chi connectivity index (χ2n) is 10.3. The average Bonchev–Trinajstić information content (AvgIpc) is 3.25. The van der Waals surface area contributed by atoms with Gasteiger partial charge in [-0.3, -0.25) is 19.3 Å². The number of unbranched alkanes of at least 4 members (excludes halogenated alkanes) is 7. The van der Waals surface area contributed by atoms with E-state index in [1.54, 1.807) is 12.1 Å². The molecule has 8 heteroatoms. The Labute approximate surface area is 246 Å². The van der Waals surface area contributed by atoms with Gasteiger partial charge in [0.15, 0.2) is 0 Å². The minimum atomic E-state index is -0.717. The first-order valence-electron chi connectivity index (χ1n) is 14.5. The molecule has 3 aromatic carbocycles. The molecule has 220 valence electrons. The number of rotatable bonds is 15. The number of nitrogens with zero attached hydrogens (tertiary/aromatic N) is 1. The predicted molar refractivity (Wildman–Crippen MR) is 159 cm³/mol. The topological polar surface area (TPSA) is 99.2 Å². The fourth-order valence-corrected chi connectivity index (χ4v) is 4.81. The summed E-state index contributed by atoms with van der Waals surface area (Å²) in [5, 5.41) is 0. The normalized spacial score (nSPS) is 12.3. The van der Waals surface area contributed by atoms with Crippen molar-refractivity contribution in [3.05, 3.63) is 83.4 Å². The van der Waals surface area contributed by atoms with E-state index in [0.717, 1.165) is 34.8 Å². The van der Waals surface area contributed by atoms with Crippen molar-refractivity contribution in [1.29, 1.82) is 0 Å². The van der Waals surface area contributed by atoms with Gasteiger partial charge in [0.05, 0.1) is 30.4 Å². The van der Waals surface area contributed by atoms with Gasteiger partial charge in [-0.2, -0.15) is 0 Å². The van der Waals surface area contributed by atoms with Crippen LogP contribution in [0.4, 0.5) is 0 Å². The van der Waals surface area contributed by atoms with Crippen molar-refractivity contribution in [3.63, 3.8) is 0 Å². The van der Waals surface area contributed by atoms with Crippen LogP contribution < -0.4 is 9.47 Å². The van der Waals surface area contributed by atoms with E-state index < -0.39 is 30.3 Å². The molecule has 8 nitrogen and oxygen atoms in total. The summed E-state index contributed by atoms with van der Waals surface area (Å²) < 4.78 is 15.9. The Morgan fingerprint density at radius 3 is 1.88 bits per heavy atom. The van der Waals surface area contributed by atoms with Crippen LogP contribution in [0, 0.1) is 0 Å². The summed E-state index contributed by atoms with van der Waals surface area (Å²) >= 11 is 0. The van der Waals surface area contributed by atoms with Crippen LogP contribution in [-0.2, 0) is 9.53 Å². The maximum atomic E-state index is 12.8. The Kier molecular flexibility index (Phi) is 10.9. The summed E-state index contributed by atoms with van der Waals surface area (Å²) in [6.45, 7) is 2.46. The zero-order valence-electron chi connectivity index (χ0n) is 24.2. The Hall–Kier alpha value is -4.46. The summed E-state index contributed by atoms with van der Waals surface area (Å²) in [7, 11) is 1.17. The minimum Gasteiger partial charge on any atom is -0.494 e. The second-order valence-corrected chi connectivity index (χ2v) is 10.3. The molecule has 4 rings (SSSR count). The van der Waals surface area contributed by atoms with E-state index in [2.05, 4.69) is 11.7 Å². The third kappa shape index (κ3) is 7.84. The minimum absolute atomic E-state index is 0.0407. The van der Waals surface area contributed by atoms with Crippen LogP contribution >= 0.6 is 0 Å². The Morgan fingerprint density at radius 2 is 1.26 bits per heavy atom. The molecule has 0 fully saturated rings. The molecule has 0 aromatic heterocycles. The van der Waals surface area contributed by atoms with Crippen LogP contribution in [0.3, 0.4) is 0 Å². The lowest BCUT2D eigenvalue weighted by Gasteiger charge is -2.11. The first-order valence-corrected chi connectivity index (χ1v) is 14.5. The highest BCUT2D eigenvalue weighted by Crippen LogP contribution is 2.27. The van der Waals surface area contributed by atoms with E-state index in [1.165, 1.54) is 70.3 Å². The first-order chi connectivity index (χ1) is 20.4. The summed E-state index contributed by atoms with van der Waals surface area (Å²) in [5.74, 6) is -1.48. The van der Waals surface area contributed by atoms with Crippen LogP contribution in [0.15, 0.2) is 66.7 Å². The quantitative estimate of drug-likeness (QED) is 0.0850. The van der Waals surface area contributed by atoms with Crippen molar-refractivity contribution < 1.29 is 33.4 Å². The van der Waals surface area contributed by atoms with E-state index in [-0.39, 0.29) is 16.7 Å². The number of amides is 2. The van der Waals surface area contributed by atoms with Gasteiger partial charge in [0.25, 0.3) is 11.8 Å². The number of esters is 2.